The van der Waals surface area contributed by atoms with Crippen LogP contribution in [0.4, 0.5) is 0 Å². The number of fused-ring (bicyclic) bond motifs is 1. The van der Waals surface area contributed by atoms with Crippen LogP contribution in [0.5, 0.6) is 0 Å². The molecule has 0 aromatic heterocycles. The standard InChI is InChI=1S/C18H19NO4S/c20-17(16-6-5-14-3-1-2-4-15(14)11-16)19-8-9-23-18(12-19)7-10-24(21,22)13-18/h1-6,11H,7-10,12-13H2. The number of rotatable bonds is 1. The van der Waals surface area contributed by atoms with Gasteiger partial charge in [0, 0.05) is 12.1 Å². The molecule has 0 bridgehead atoms. The highest BCUT2D eigenvalue weighted by Gasteiger charge is 2.47. The Labute approximate surface area is 141 Å². The van der Waals surface area contributed by atoms with Crippen molar-refractivity contribution < 1.29 is 17.9 Å². The second-order valence-electron chi connectivity index (χ2n) is 6.66. The van der Waals surface area contributed by atoms with E-state index < -0.39 is 15.4 Å². The molecule has 2 heterocycles. The summed E-state index contributed by atoms with van der Waals surface area (Å²) in [5.41, 5.74) is -0.0875. The Morgan fingerprint density at radius 2 is 1.92 bits per heavy atom. The molecule has 5 nitrogen and oxygen atoms in total. The lowest BCUT2D eigenvalue weighted by atomic mass is 10.00. The summed E-state index contributed by atoms with van der Waals surface area (Å²) in [6, 6.07) is 13.6. The molecule has 0 N–H and O–H groups in total. The van der Waals surface area contributed by atoms with Gasteiger partial charge in [-0.25, -0.2) is 8.42 Å². The number of sulfone groups is 1. The van der Waals surface area contributed by atoms with Crippen LogP contribution < -0.4 is 0 Å². The fraction of sp³-hybridized carbons (Fsp3) is 0.389. The average molecular weight is 345 g/mol. The minimum Gasteiger partial charge on any atom is -0.370 e. The van der Waals surface area contributed by atoms with E-state index in [0.717, 1.165) is 10.8 Å². The van der Waals surface area contributed by atoms with E-state index in [1.165, 1.54) is 0 Å². The van der Waals surface area contributed by atoms with Crippen LogP contribution in [0.25, 0.3) is 10.8 Å². The zero-order chi connectivity index (χ0) is 16.8. The summed E-state index contributed by atoms with van der Waals surface area (Å²) < 4.78 is 29.4. The molecule has 4 rings (SSSR count). The van der Waals surface area contributed by atoms with E-state index in [1.54, 1.807) is 4.90 Å². The summed E-state index contributed by atoms with van der Waals surface area (Å²) in [5.74, 6) is 0.0969. The van der Waals surface area contributed by atoms with E-state index in [0.29, 0.717) is 31.7 Å². The van der Waals surface area contributed by atoms with E-state index in [1.807, 2.05) is 42.5 Å². The maximum absolute atomic E-state index is 12.9. The number of amides is 1. The first kappa shape index (κ1) is 15.6. The van der Waals surface area contributed by atoms with Crippen LogP contribution in [-0.2, 0) is 14.6 Å². The molecule has 2 saturated heterocycles. The molecule has 2 aliphatic heterocycles. The van der Waals surface area contributed by atoms with Crippen LogP contribution in [0.1, 0.15) is 16.8 Å². The Hall–Kier alpha value is -1.92. The van der Waals surface area contributed by atoms with E-state index in [4.69, 9.17) is 4.74 Å². The zero-order valence-electron chi connectivity index (χ0n) is 13.3. The third-order valence-electron chi connectivity index (χ3n) is 4.88. The normalized spacial score (nSPS) is 26.1. The summed E-state index contributed by atoms with van der Waals surface area (Å²) in [5, 5.41) is 2.11. The first-order chi connectivity index (χ1) is 11.5. The van der Waals surface area contributed by atoms with Gasteiger partial charge in [0.1, 0.15) is 5.60 Å². The third kappa shape index (κ3) is 2.80. The molecule has 6 heteroatoms. The number of carbonyl (C=O) groups excluding carboxylic acids is 1. The van der Waals surface area contributed by atoms with E-state index in [-0.39, 0.29) is 17.4 Å². The molecular weight excluding hydrogens is 326 g/mol. The van der Waals surface area contributed by atoms with Gasteiger partial charge in [0.2, 0.25) is 0 Å². The van der Waals surface area contributed by atoms with Crippen molar-refractivity contribution in [1.29, 1.82) is 0 Å². The van der Waals surface area contributed by atoms with Gasteiger partial charge in [-0.1, -0.05) is 30.3 Å². The van der Waals surface area contributed by atoms with Gasteiger partial charge in [-0.2, -0.15) is 0 Å². The van der Waals surface area contributed by atoms with Crippen LogP contribution >= 0.6 is 0 Å². The summed E-state index contributed by atoms with van der Waals surface area (Å²) in [6.45, 7) is 1.22. The van der Waals surface area contributed by atoms with Crippen molar-refractivity contribution in [2.75, 3.05) is 31.2 Å². The molecule has 2 aromatic carbocycles. The third-order valence-corrected chi connectivity index (χ3v) is 6.68. The molecule has 0 aliphatic carbocycles. The van der Waals surface area contributed by atoms with Crippen molar-refractivity contribution in [2.45, 2.75) is 12.0 Å². The van der Waals surface area contributed by atoms with Crippen LogP contribution in [0.2, 0.25) is 0 Å². The number of morpholine rings is 1. The largest absolute Gasteiger partial charge is 0.370 e. The molecule has 1 spiro atoms. The lowest BCUT2D eigenvalue weighted by molar-refractivity contribution is -0.0829. The Morgan fingerprint density at radius 1 is 1.12 bits per heavy atom. The van der Waals surface area contributed by atoms with Gasteiger partial charge in [-0.3, -0.25) is 4.79 Å². The number of nitrogens with zero attached hydrogens (tertiary/aromatic N) is 1. The molecular formula is C18H19NO4S. The molecule has 2 fully saturated rings. The maximum atomic E-state index is 12.9. The van der Waals surface area contributed by atoms with Gasteiger partial charge in [0.05, 0.1) is 24.7 Å². The summed E-state index contributed by atoms with van der Waals surface area (Å²) in [7, 11) is -3.06. The van der Waals surface area contributed by atoms with Crippen LogP contribution in [0.15, 0.2) is 42.5 Å². The molecule has 24 heavy (non-hydrogen) atoms. The fourth-order valence-electron chi connectivity index (χ4n) is 3.65. The van der Waals surface area contributed by atoms with E-state index >= 15 is 0 Å². The van der Waals surface area contributed by atoms with Crippen molar-refractivity contribution in [2.24, 2.45) is 0 Å². The first-order valence-electron chi connectivity index (χ1n) is 8.09. The Morgan fingerprint density at radius 3 is 2.67 bits per heavy atom. The van der Waals surface area contributed by atoms with Crippen molar-refractivity contribution in [1.82, 2.24) is 4.90 Å². The highest BCUT2D eigenvalue weighted by molar-refractivity contribution is 7.91. The number of benzene rings is 2. The molecule has 0 saturated carbocycles. The van der Waals surface area contributed by atoms with Gasteiger partial charge in [-0.05, 0) is 29.3 Å². The zero-order valence-corrected chi connectivity index (χ0v) is 14.1. The monoisotopic (exact) mass is 345 g/mol. The van der Waals surface area contributed by atoms with Gasteiger partial charge < -0.3 is 9.64 Å². The van der Waals surface area contributed by atoms with E-state index in [2.05, 4.69) is 0 Å². The van der Waals surface area contributed by atoms with Gasteiger partial charge in [-0.15, -0.1) is 0 Å². The minimum absolute atomic E-state index is 0.0154. The first-order valence-corrected chi connectivity index (χ1v) is 9.91. The van der Waals surface area contributed by atoms with Gasteiger partial charge in [0.25, 0.3) is 5.91 Å². The molecule has 126 valence electrons. The molecule has 2 aromatic rings. The number of hydrogen-bond acceptors (Lipinski definition) is 4. The SMILES string of the molecule is O=C(c1ccc2ccccc2c1)N1CCOC2(CCS(=O)(=O)C2)C1. The van der Waals surface area contributed by atoms with Crippen molar-refractivity contribution in [3.8, 4) is 0 Å². The number of carbonyl (C=O) groups is 1. The molecule has 0 radical (unpaired) electrons. The highest BCUT2D eigenvalue weighted by Crippen LogP contribution is 2.31. The summed E-state index contributed by atoms with van der Waals surface area (Å²) >= 11 is 0. The van der Waals surface area contributed by atoms with Crippen LogP contribution in [0, 0.1) is 0 Å². The van der Waals surface area contributed by atoms with Crippen molar-refractivity contribution >= 4 is 26.5 Å². The second-order valence-corrected chi connectivity index (χ2v) is 8.85. The quantitative estimate of drug-likeness (QED) is 0.791. The highest BCUT2D eigenvalue weighted by atomic mass is 32.2. The number of hydrogen-bond donors (Lipinski definition) is 0. The topological polar surface area (TPSA) is 63.7 Å². The summed E-state index contributed by atoms with van der Waals surface area (Å²) in [6.07, 6.45) is 0.469. The molecule has 2 aliphatic rings. The smallest absolute Gasteiger partial charge is 0.254 e. The molecule has 1 amide bonds. The predicted octanol–water partition coefficient (Wildman–Crippen LogP) is 1.87. The number of ether oxygens (including phenoxy) is 1. The summed E-state index contributed by atoms with van der Waals surface area (Å²) in [4.78, 5) is 14.6. The molecule has 1 atom stereocenters. The minimum atomic E-state index is -3.06. The van der Waals surface area contributed by atoms with Gasteiger partial charge in [0.15, 0.2) is 9.84 Å². The lowest BCUT2D eigenvalue weighted by Crippen LogP contribution is -2.54. The predicted molar refractivity (Wildman–Crippen MR) is 91.8 cm³/mol. The Kier molecular flexibility index (Phi) is 3.62. The Balaban J connectivity index is 1.59. The molecule has 1 unspecified atom stereocenters. The van der Waals surface area contributed by atoms with Crippen LogP contribution in [-0.4, -0.2) is 56.0 Å². The average Bonchev–Trinajstić information content (AvgIpc) is 2.88. The Bertz CT molecular complexity index is 908. The van der Waals surface area contributed by atoms with Crippen LogP contribution in [0.3, 0.4) is 0 Å². The lowest BCUT2D eigenvalue weighted by Gasteiger charge is -2.39. The fourth-order valence-corrected chi connectivity index (χ4v) is 5.60. The maximum Gasteiger partial charge on any atom is 0.254 e. The van der Waals surface area contributed by atoms with E-state index in [9.17, 15) is 13.2 Å². The second kappa shape index (κ2) is 5.57. The van der Waals surface area contributed by atoms with Gasteiger partial charge >= 0.3 is 0 Å². The van der Waals surface area contributed by atoms with Crippen molar-refractivity contribution in [3.63, 3.8) is 0 Å². The van der Waals surface area contributed by atoms with Crippen molar-refractivity contribution in [3.05, 3.63) is 48.0 Å².